The van der Waals surface area contributed by atoms with E-state index in [2.05, 4.69) is 5.32 Å². The number of hydrogen-bond donors (Lipinski definition) is 2. The van der Waals surface area contributed by atoms with Crippen molar-refractivity contribution < 1.29 is 18.0 Å². The monoisotopic (exact) mass is 314 g/mol. The van der Waals surface area contributed by atoms with Crippen LogP contribution in [0.1, 0.15) is 26.4 Å². The third kappa shape index (κ3) is 3.75. The van der Waals surface area contributed by atoms with Gasteiger partial charge in [-0.1, -0.05) is 6.07 Å². The summed E-state index contributed by atoms with van der Waals surface area (Å²) in [6.45, 7) is 1.75. The van der Waals surface area contributed by atoms with Crippen LogP contribution < -0.4 is 11.1 Å². The van der Waals surface area contributed by atoms with Gasteiger partial charge in [0.05, 0.1) is 11.1 Å². The van der Waals surface area contributed by atoms with Crippen LogP contribution in [0.15, 0.2) is 29.6 Å². The van der Waals surface area contributed by atoms with Crippen molar-refractivity contribution in [3.8, 4) is 0 Å². The van der Waals surface area contributed by atoms with E-state index >= 15 is 0 Å². The topological polar surface area (TPSA) is 55.1 Å². The molecule has 1 heterocycles. The Morgan fingerprint density at radius 3 is 2.62 bits per heavy atom. The first-order valence-electron chi connectivity index (χ1n) is 6.06. The maximum Gasteiger partial charge on any atom is 0.416 e. The van der Waals surface area contributed by atoms with Crippen LogP contribution in [-0.4, -0.2) is 5.91 Å². The van der Waals surface area contributed by atoms with Crippen LogP contribution in [0.25, 0.3) is 0 Å². The number of alkyl halides is 3. The average Bonchev–Trinajstić information content (AvgIpc) is 2.85. The number of anilines is 1. The molecule has 0 spiro atoms. The molecule has 112 valence electrons. The Kier molecular flexibility index (Phi) is 4.22. The number of nitrogens with one attached hydrogen (secondary N) is 1. The minimum absolute atomic E-state index is 0.181. The molecular formula is C14H13F3N2OS. The Labute approximate surface area is 123 Å². The van der Waals surface area contributed by atoms with Crippen LogP contribution in [0.4, 0.5) is 18.9 Å². The lowest BCUT2D eigenvalue weighted by molar-refractivity contribution is -0.138. The summed E-state index contributed by atoms with van der Waals surface area (Å²) < 4.78 is 38.4. The van der Waals surface area contributed by atoms with Crippen molar-refractivity contribution >= 4 is 22.9 Å². The Morgan fingerprint density at radius 1 is 1.33 bits per heavy atom. The fourth-order valence-electron chi connectivity index (χ4n) is 1.83. The van der Waals surface area contributed by atoms with Gasteiger partial charge in [0.2, 0.25) is 5.91 Å². The molecular weight excluding hydrogens is 301 g/mol. The van der Waals surface area contributed by atoms with Crippen molar-refractivity contribution in [3.63, 3.8) is 0 Å². The number of hydrogen-bond acceptors (Lipinski definition) is 3. The average molecular weight is 314 g/mol. The van der Waals surface area contributed by atoms with E-state index in [0.717, 1.165) is 10.9 Å². The molecule has 0 bridgehead atoms. The summed E-state index contributed by atoms with van der Waals surface area (Å²) >= 11 is 1.32. The second-order valence-corrected chi connectivity index (χ2v) is 5.54. The number of halogens is 3. The Morgan fingerprint density at radius 2 is 2.05 bits per heavy atom. The predicted octanol–water partition coefficient (Wildman–Crippen LogP) is 3.79. The number of thiophene rings is 1. The minimum Gasteiger partial charge on any atom is -0.380 e. The van der Waals surface area contributed by atoms with Gasteiger partial charge in [-0.25, -0.2) is 0 Å². The molecule has 0 radical (unpaired) electrons. The van der Waals surface area contributed by atoms with E-state index in [9.17, 15) is 18.0 Å². The van der Waals surface area contributed by atoms with Crippen LogP contribution in [0.2, 0.25) is 0 Å². The van der Waals surface area contributed by atoms with E-state index in [4.69, 9.17) is 5.73 Å². The van der Waals surface area contributed by atoms with Crippen molar-refractivity contribution in [2.24, 2.45) is 5.73 Å². The van der Waals surface area contributed by atoms with E-state index in [1.54, 1.807) is 17.5 Å². The molecule has 1 amide bonds. The van der Waals surface area contributed by atoms with Crippen molar-refractivity contribution in [2.75, 3.05) is 5.32 Å². The molecule has 1 aromatic heterocycles. The smallest absolute Gasteiger partial charge is 0.380 e. The highest BCUT2D eigenvalue weighted by Gasteiger charge is 2.32. The van der Waals surface area contributed by atoms with Gasteiger partial charge >= 0.3 is 6.18 Å². The second-order valence-electron chi connectivity index (χ2n) is 4.55. The molecule has 21 heavy (non-hydrogen) atoms. The third-order valence-electron chi connectivity index (χ3n) is 2.95. The largest absolute Gasteiger partial charge is 0.416 e. The van der Waals surface area contributed by atoms with Crippen molar-refractivity contribution in [1.82, 2.24) is 0 Å². The number of carbonyl (C=O) groups is 1. The number of amides is 1. The van der Waals surface area contributed by atoms with Crippen molar-refractivity contribution in [1.29, 1.82) is 0 Å². The number of primary amides is 1. The van der Waals surface area contributed by atoms with Crippen LogP contribution in [0, 0.1) is 6.92 Å². The zero-order valence-electron chi connectivity index (χ0n) is 11.1. The van der Waals surface area contributed by atoms with Gasteiger partial charge in [0.1, 0.15) is 0 Å². The van der Waals surface area contributed by atoms with Gasteiger partial charge in [-0.05, 0) is 30.7 Å². The van der Waals surface area contributed by atoms with Gasteiger partial charge in [-0.2, -0.15) is 13.2 Å². The Bertz CT molecular complexity index is 664. The molecule has 0 unspecified atom stereocenters. The lowest BCUT2D eigenvalue weighted by Crippen LogP contribution is -2.09. The predicted molar refractivity (Wildman–Crippen MR) is 76.3 cm³/mol. The standard InChI is InChI=1S/C14H13F3N2OS/c1-8-2-3-10(5-12(8)14(15,16)17)19-6-11-4-9(7-21-11)13(18)20/h2-5,7,19H,6H2,1H3,(H2,18,20). The van der Waals surface area contributed by atoms with Gasteiger partial charge in [-0.15, -0.1) is 11.3 Å². The van der Waals surface area contributed by atoms with Crippen LogP contribution >= 0.6 is 11.3 Å². The maximum absolute atomic E-state index is 12.8. The maximum atomic E-state index is 12.8. The van der Waals surface area contributed by atoms with Gasteiger partial charge in [0, 0.05) is 22.5 Å². The van der Waals surface area contributed by atoms with E-state index in [1.807, 2.05) is 0 Å². The molecule has 0 aliphatic carbocycles. The molecule has 0 saturated carbocycles. The van der Waals surface area contributed by atoms with Crippen LogP contribution in [0.5, 0.6) is 0 Å². The van der Waals surface area contributed by atoms with Gasteiger partial charge in [0.25, 0.3) is 0 Å². The summed E-state index contributed by atoms with van der Waals surface area (Å²) in [6.07, 6.45) is -4.37. The first-order valence-corrected chi connectivity index (χ1v) is 6.94. The molecule has 0 aliphatic heterocycles. The molecule has 0 aliphatic rings. The highest BCUT2D eigenvalue weighted by atomic mass is 32.1. The fraction of sp³-hybridized carbons (Fsp3) is 0.214. The van der Waals surface area contributed by atoms with Crippen LogP contribution in [0.3, 0.4) is 0 Å². The first-order chi connectivity index (χ1) is 9.77. The van der Waals surface area contributed by atoms with E-state index in [0.29, 0.717) is 17.8 Å². The second kappa shape index (κ2) is 5.77. The van der Waals surface area contributed by atoms with Gasteiger partial charge < -0.3 is 11.1 Å². The number of benzene rings is 1. The summed E-state index contributed by atoms with van der Waals surface area (Å²) in [7, 11) is 0. The fourth-order valence-corrected chi connectivity index (χ4v) is 2.64. The summed E-state index contributed by atoms with van der Waals surface area (Å²) in [5.41, 5.74) is 5.44. The Balaban J connectivity index is 2.11. The zero-order chi connectivity index (χ0) is 15.6. The molecule has 3 nitrogen and oxygen atoms in total. The molecule has 1 aromatic carbocycles. The summed E-state index contributed by atoms with van der Waals surface area (Å²) in [4.78, 5) is 11.8. The molecule has 3 N–H and O–H groups in total. The Hall–Kier alpha value is -2.02. The quantitative estimate of drug-likeness (QED) is 0.902. The summed E-state index contributed by atoms with van der Waals surface area (Å²) in [5.74, 6) is -0.521. The lowest BCUT2D eigenvalue weighted by Gasteiger charge is -2.13. The van der Waals surface area contributed by atoms with Gasteiger partial charge in [-0.3, -0.25) is 4.79 Å². The normalized spacial score (nSPS) is 11.4. The number of carbonyl (C=O) groups excluding carboxylic acids is 1. The van der Waals surface area contributed by atoms with E-state index in [-0.39, 0.29) is 5.56 Å². The van der Waals surface area contributed by atoms with Crippen molar-refractivity contribution in [3.05, 3.63) is 51.2 Å². The molecule has 0 atom stereocenters. The number of rotatable bonds is 4. The number of aryl methyl sites for hydroxylation is 1. The van der Waals surface area contributed by atoms with Crippen LogP contribution in [-0.2, 0) is 12.7 Å². The molecule has 2 rings (SSSR count). The molecule has 0 saturated heterocycles. The zero-order valence-corrected chi connectivity index (χ0v) is 11.9. The third-order valence-corrected chi connectivity index (χ3v) is 3.88. The number of nitrogens with two attached hydrogens (primary N) is 1. The molecule has 7 heteroatoms. The highest BCUT2D eigenvalue weighted by molar-refractivity contribution is 7.10. The van der Waals surface area contributed by atoms with E-state index in [1.165, 1.54) is 24.3 Å². The molecule has 0 fully saturated rings. The lowest BCUT2D eigenvalue weighted by atomic mass is 10.1. The molecule has 2 aromatic rings. The first kappa shape index (κ1) is 15.4. The van der Waals surface area contributed by atoms with E-state index < -0.39 is 17.6 Å². The SMILES string of the molecule is Cc1ccc(NCc2cc(C(N)=O)cs2)cc1C(F)(F)F. The summed E-state index contributed by atoms with van der Waals surface area (Å²) in [5, 5.41) is 4.53. The van der Waals surface area contributed by atoms with Crippen molar-refractivity contribution in [2.45, 2.75) is 19.6 Å². The van der Waals surface area contributed by atoms with Gasteiger partial charge in [0.15, 0.2) is 0 Å². The minimum atomic E-state index is -4.37. The highest BCUT2D eigenvalue weighted by Crippen LogP contribution is 2.33. The summed E-state index contributed by atoms with van der Waals surface area (Å²) in [6, 6.07) is 5.72.